The van der Waals surface area contributed by atoms with Gasteiger partial charge in [-0.15, -0.1) is 0 Å². The average Bonchev–Trinajstić information content (AvgIpc) is 3.52. The van der Waals surface area contributed by atoms with E-state index in [4.69, 9.17) is 0 Å². The van der Waals surface area contributed by atoms with Crippen LogP contribution in [-0.2, 0) is 0 Å². The third-order valence-electron chi connectivity index (χ3n) is 8.07. The zero-order valence-corrected chi connectivity index (χ0v) is 18.9. The van der Waals surface area contributed by atoms with E-state index in [0.717, 1.165) is 29.6 Å². The van der Waals surface area contributed by atoms with Crippen LogP contribution in [0.3, 0.4) is 0 Å². The SMILES string of the molecule is CCCCCCCCCC(C)C1C2C(C(C)CCCCCC(C)CC)C12. The van der Waals surface area contributed by atoms with Gasteiger partial charge in [0.15, 0.2) is 0 Å². The summed E-state index contributed by atoms with van der Waals surface area (Å²) >= 11 is 0. The largest absolute Gasteiger partial charge is 0.0654 e. The van der Waals surface area contributed by atoms with Crippen molar-refractivity contribution < 1.29 is 0 Å². The molecule has 0 aromatic heterocycles. The predicted octanol–water partition coefficient (Wildman–Crippen LogP) is 8.89. The number of unbranched alkanes of at least 4 members (excludes halogenated alkanes) is 8. The maximum Gasteiger partial charge on any atom is -0.0313 e. The molecule has 0 amide bonds. The summed E-state index contributed by atoms with van der Waals surface area (Å²) in [6.07, 6.45) is 20.5. The van der Waals surface area contributed by atoms with E-state index in [1.54, 1.807) is 0 Å². The normalized spacial score (nSPS) is 29.9. The molecular formula is C26H50. The Kier molecular flexibility index (Phi) is 10.1. The summed E-state index contributed by atoms with van der Waals surface area (Å²) in [5, 5.41) is 0. The van der Waals surface area contributed by atoms with Gasteiger partial charge in [-0.05, 0) is 41.4 Å². The number of hydrogen-bond acceptors (Lipinski definition) is 0. The van der Waals surface area contributed by atoms with Gasteiger partial charge in [0.05, 0.1) is 0 Å². The Morgan fingerprint density at radius 1 is 0.538 bits per heavy atom. The van der Waals surface area contributed by atoms with E-state index in [0.29, 0.717) is 0 Å². The van der Waals surface area contributed by atoms with Crippen LogP contribution in [-0.4, -0.2) is 0 Å². The Bertz CT molecular complexity index is 349. The maximum atomic E-state index is 2.56. The first kappa shape index (κ1) is 22.3. The molecular weight excluding hydrogens is 312 g/mol. The lowest BCUT2D eigenvalue weighted by Gasteiger charge is -2.23. The summed E-state index contributed by atoms with van der Waals surface area (Å²) in [5.74, 6) is 7.63. The van der Waals surface area contributed by atoms with Gasteiger partial charge >= 0.3 is 0 Å². The van der Waals surface area contributed by atoms with Crippen LogP contribution in [0, 0.1) is 41.4 Å². The fourth-order valence-corrected chi connectivity index (χ4v) is 5.80. The minimum atomic E-state index is 0.946. The summed E-state index contributed by atoms with van der Waals surface area (Å²) in [4.78, 5) is 0. The smallest absolute Gasteiger partial charge is 0.0313 e. The number of rotatable bonds is 17. The Morgan fingerprint density at radius 3 is 1.46 bits per heavy atom. The van der Waals surface area contributed by atoms with E-state index in [2.05, 4.69) is 34.6 Å². The third kappa shape index (κ3) is 6.87. The van der Waals surface area contributed by atoms with Crippen LogP contribution in [0.2, 0.25) is 0 Å². The summed E-state index contributed by atoms with van der Waals surface area (Å²) in [5.41, 5.74) is 0. The second-order valence-corrected chi connectivity index (χ2v) is 10.3. The predicted molar refractivity (Wildman–Crippen MR) is 117 cm³/mol. The van der Waals surface area contributed by atoms with Crippen molar-refractivity contribution >= 4 is 0 Å². The molecule has 0 nitrogen and oxygen atoms in total. The molecule has 0 heteroatoms. The molecule has 0 heterocycles. The minimum Gasteiger partial charge on any atom is -0.0654 e. The van der Waals surface area contributed by atoms with E-state index in [1.165, 1.54) is 102 Å². The topological polar surface area (TPSA) is 0 Å². The molecule has 26 heavy (non-hydrogen) atoms. The van der Waals surface area contributed by atoms with Crippen molar-refractivity contribution in [3.8, 4) is 0 Å². The molecule has 0 aliphatic heterocycles. The van der Waals surface area contributed by atoms with Crippen molar-refractivity contribution in [2.24, 2.45) is 41.4 Å². The number of fused-ring (bicyclic) bond motifs is 1. The Morgan fingerprint density at radius 2 is 0.962 bits per heavy atom. The lowest BCUT2D eigenvalue weighted by Crippen LogP contribution is -2.15. The van der Waals surface area contributed by atoms with E-state index in [-0.39, 0.29) is 0 Å². The van der Waals surface area contributed by atoms with Gasteiger partial charge in [-0.2, -0.15) is 0 Å². The highest BCUT2D eigenvalue weighted by molar-refractivity contribution is 5.21. The Balaban J connectivity index is 1.42. The van der Waals surface area contributed by atoms with Crippen molar-refractivity contribution in [3.63, 3.8) is 0 Å². The molecule has 0 aromatic carbocycles. The second-order valence-electron chi connectivity index (χ2n) is 10.3. The van der Waals surface area contributed by atoms with Crippen LogP contribution in [0.5, 0.6) is 0 Å². The highest BCUT2D eigenvalue weighted by Crippen LogP contribution is 2.78. The van der Waals surface area contributed by atoms with Crippen molar-refractivity contribution in [2.75, 3.05) is 0 Å². The monoisotopic (exact) mass is 362 g/mol. The summed E-state index contributed by atoms with van der Waals surface area (Å²) in [7, 11) is 0. The molecule has 5 atom stereocenters. The molecule has 0 radical (unpaired) electrons. The van der Waals surface area contributed by atoms with Crippen molar-refractivity contribution in [1.29, 1.82) is 0 Å². The van der Waals surface area contributed by atoms with Gasteiger partial charge < -0.3 is 0 Å². The van der Waals surface area contributed by atoms with Crippen LogP contribution < -0.4 is 0 Å². The van der Waals surface area contributed by atoms with Crippen molar-refractivity contribution in [1.82, 2.24) is 0 Å². The zero-order valence-electron chi connectivity index (χ0n) is 18.9. The van der Waals surface area contributed by atoms with Gasteiger partial charge in [0.1, 0.15) is 0 Å². The van der Waals surface area contributed by atoms with Crippen LogP contribution >= 0.6 is 0 Å². The summed E-state index contributed by atoms with van der Waals surface area (Å²) in [6, 6.07) is 0. The van der Waals surface area contributed by atoms with Gasteiger partial charge in [-0.1, -0.05) is 125 Å². The highest BCUT2D eigenvalue weighted by Gasteiger charge is 2.74. The quantitative estimate of drug-likeness (QED) is 0.227. The molecule has 5 unspecified atom stereocenters. The molecule has 2 aliphatic rings. The zero-order chi connectivity index (χ0) is 18.9. The van der Waals surface area contributed by atoms with E-state index in [1.807, 2.05) is 0 Å². The van der Waals surface area contributed by atoms with E-state index < -0.39 is 0 Å². The summed E-state index contributed by atoms with van der Waals surface area (Å²) < 4.78 is 0. The molecule has 0 aromatic rings. The first-order valence-electron chi connectivity index (χ1n) is 12.6. The average molecular weight is 363 g/mol. The first-order chi connectivity index (χ1) is 12.6. The number of hydrogen-bond donors (Lipinski definition) is 0. The van der Waals surface area contributed by atoms with Crippen molar-refractivity contribution in [2.45, 2.75) is 125 Å². The standard InChI is InChI=1S/C26H50/c1-6-8-9-10-11-12-15-18-21(4)23-25-24(26(23)25)22(5)19-16-13-14-17-20(3)7-2/h20-26H,6-19H2,1-5H3. The molecule has 0 bridgehead atoms. The van der Waals surface area contributed by atoms with Gasteiger partial charge in [0, 0.05) is 0 Å². The van der Waals surface area contributed by atoms with E-state index in [9.17, 15) is 0 Å². The van der Waals surface area contributed by atoms with Crippen LogP contribution in [0.1, 0.15) is 125 Å². The molecule has 2 fully saturated rings. The van der Waals surface area contributed by atoms with Crippen molar-refractivity contribution in [3.05, 3.63) is 0 Å². The third-order valence-corrected chi connectivity index (χ3v) is 8.07. The summed E-state index contributed by atoms with van der Waals surface area (Å²) in [6.45, 7) is 12.2. The molecule has 2 rings (SSSR count). The Labute approximate surface area is 166 Å². The maximum absolute atomic E-state index is 2.56. The van der Waals surface area contributed by atoms with Gasteiger partial charge in [0.2, 0.25) is 0 Å². The Hall–Kier alpha value is 0. The van der Waals surface area contributed by atoms with Gasteiger partial charge in [-0.3, -0.25) is 0 Å². The molecule has 0 spiro atoms. The van der Waals surface area contributed by atoms with Gasteiger partial charge in [-0.25, -0.2) is 0 Å². The fraction of sp³-hybridized carbons (Fsp3) is 1.00. The minimum absolute atomic E-state index is 0.946. The lowest BCUT2D eigenvalue weighted by molar-refractivity contribution is 0.266. The van der Waals surface area contributed by atoms with E-state index >= 15 is 0 Å². The van der Waals surface area contributed by atoms with Crippen LogP contribution in [0.15, 0.2) is 0 Å². The molecule has 2 aliphatic carbocycles. The van der Waals surface area contributed by atoms with Crippen LogP contribution in [0.4, 0.5) is 0 Å². The highest BCUT2D eigenvalue weighted by atomic mass is 14.8. The van der Waals surface area contributed by atoms with Gasteiger partial charge in [0.25, 0.3) is 0 Å². The molecule has 0 saturated heterocycles. The first-order valence-corrected chi connectivity index (χ1v) is 12.6. The molecule has 0 N–H and O–H groups in total. The molecule has 154 valence electrons. The van der Waals surface area contributed by atoms with Crippen LogP contribution in [0.25, 0.3) is 0 Å². The lowest BCUT2D eigenvalue weighted by atomic mass is 9.83. The fourth-order valence-electron chi connectivity index (χ4n) is 5.80. The molecule has 2 saturated carbocycles. The second kappa shape index (κ2) is 11.8.